The first-order valence-electron chi connectivity index (χ1n) is 12.9. The number of carbonyl (C=O) groups is 1. The lowest BCUT2D eigenvalue weighted by molar-refractivity contribution is 0.0827. The van der Waals surface area contributed by atoms with Crippen LogP contribution in [-0.4, -0.2) is 57.0 Å². The van der Waals surface area contributed by atoms with Crippen LogP contribution in [0.4, 0.5) is 10.1 Å². The molecule has 202 valence electrons. The summed E-state index contributed by atoms with van der Waals surface area (Å²) in [7, 11) is 5.30. The molecule has 0 spiro atoms. The van der Waals surface area contributed by atoms with Gasteiger partial charge in [-0.05, 0) is 61.7 Å². The summed E-state index contributed by atoms with van der Waals surface area (Å²) in [6.45, 7) is 5.70. The number of halogens is 1. The molecule has 1 aliphatic heterocycles. The van der Waals surface area contributed by atoms with Crippen LogP contribution in [0.15, 0.2) is 53.6 Å². The number of carbonyl (C=O) groups excluding carboxylic acids is 1. The van der Waals surface area contributed by atoms with Gasteiger partial charge in [0, 0.05) is 86.6 Å². The molecule has 39 heavy (non-hydrogen) atoms. The average molecular weight is 529 g/mol. The van der Waals surface area contributed by atoms with Gasteiger partial charge in [0.15, 0.2) is 0 Å². The third kappa shape index (κ3) is 4.74. The van der Waals surface area contributed by atoms with Crippen molar-refractivity contribution in [1.82, 2.24) is 23.9 Å². The molecular weight excluding hydrogens is 495 g/mol. The van der Waals surface area contributed by atoms with Crippen LogP contribution in [0.5, 0.6) is 0 Å². The van der Waals surface area contributed by atoms with E-state index >= 15 is 4.39 Å². The van der Waals surface area contributed by atoms with Crippen molar-refractivity contribution in [1.29, 1.82) is 0 Å². The van der Waals surface area contributed by atoms with Crippen molar-refractivity contribution in [3.8, 4) is 5.69 Å². The second-order valence-electron chi connectivity index (χ2n) is 10.4. The molecule has 3 aromatic heterocycles. The molecule has 8 nitrogen and oxygen atoms in total. The molecule has 1 aliphatic rings. The van der Waals surface area contributed by atoms with Crippen molar-refractivity contribution < 1.29 is 9.18 Å². The first-order valence-corrected chi connectivity index (χ1v) is 12.9. The highest BCUT2D eigenvalue weighted by molar-refractivity contribution is 5.94. The number of nitrogens with zero attached hydrogens (tertiary/aromatic N) is 5. The Morgan fingerprint density at radius 3 is 2.62 bits per heavy atom. The Morgan fingerprint density at radius 2 is 1.95 bits per heavy atom. The van der Waals surface area contributed by atoms with E-state index in [1.165, 1.54) is 11.0 Å². The molecule has 0 radical (unpaired) electrons. The van der Waals surface area contributed by atoms with E-state index in [1.54, 1.807) is 50.1 Å². The predicted octanol–water partition coefficient (Wildman–Crippen LogP) is 4.05. The molecule has 1 aromatic carbocycles. The zero-order valence-corrected chi connectivity index (χ0v) is 23.0. The van der Waals surface area contributed by atoms with Crippen LogP contribution in [0, 0.1) is 19.7 Å². The summed E-state index contributed by atoms with van der Waals surface area (Å²) < 4.78 is 18.8. The molecule has 5 rings (SSSR count). The standard InChI is InChI=1S/C30H33FN6O2/c1-18-14-21(30(39)34(3)4)15-24(31)27(18)20-7-11-36(12-8-20)17-22-16-23-26(6-10-33-28(23)35(22)5)37-13-9-25(32)19(2)29(37)38/h6-7,9-10,13-16H,8,11-12,17,32H2,1-5H3. The molecule has 0 saturated carbocycles. The summed E-state index contributed by atoms with van der Waals surface area (Å²) in [5.74, 6) is -0.573. The Kier molecular flexibility index (Phi) is 6.86. The number of pyridine rings is 2. The molecule has 2 N–H and O–H groups in total. The lowest BCUT2D eigenvalue weighted by Gasteiger charge is -2.27. The fraction of sp³-hybridized carbons (Fsp3) is 0.300. The second-order valence-corrected chi connectivity index (χ2v) is 10.4. The number of nitrogens with two attached hydrogens (primary N) is 1. The van der Waals surface area contributed by atoms with Gasteiger partial charge in [-0.3, -0.25) is 19.1 Å². The van der Waals surface area contributed by atoms with E-state index in [0.717, 1.165) is 40.1 Å². The van der Waals surface area contributed by atoms with E-state index < -0.39 is 0 Å². The number of amides is 1. The number of aromatic nitrogens is 3. The summed E-state index contributed by atoms with van der Waals surface area (Å²) in [6.07, 6.45) is 6.19. The van der Waals surface area contributed by atoms with Gasteiger partial charge in [0.1, 0.15) is 11.5 Å². The Morgan fingerprint density at radius 1 is 1.18 bits per heavy atom. The Labute approximate surface area is 226 Å². The number of rotatable bonds is 5. The van der Waals surface area contributed by atoms with Gasteiger partial charge in [0.05, 0.1) is 5.69 Å². The van der Waals surface area contributed by atoms with Crippen LogP contribution in [0.1, 0.15) is 39.2 Å². The van der Waals surface area contributed by atoms with Crippen LogP contribution in [-0.2, 0) is 13.6 Å². The lowest BCUT2D eigenvalue weighted by atomic mass is 9.93. The van der Waals surface area contributed by atoms with Crippen molar-refractivity contribution in [2.75, 3.05) is 32.9 Å². The highest BCUT2D eigenvalue weighted by atomic mass is 19.1. The number of benzene rings is 1. The highest BCUT2D eigenvalue weighted by Crippen LogP contribution is 2.30. The van der Waals surface area contributed by atoms with Crippen LogP contribution < -0.4 is 11.3 Å². The highest BCUT2D eigenvalue weighted by Gasteiger charge is 2.21. The summed E-state index contributed by atoms with van der Waals surface area (Å²) >= 11 is 0. The smallest absolute Gasteiger partial charge is 0.260 e. The largest absolute Gasteiger partial charge is 0.398 e. The molecule has 0 aliphatic carbocycles. The van der Waals surface area contributed by atoms with Crippen LogP contribution >= 0.6 is 0 Å². The van der Waals surface area contributed by atoms with Gasteiger partial charge in [-0.1, -0.05) is 6.08 Å². The van der Waals surface area contributed by atoms with Gasteiger partial charge in [0.2, 0.25) is 0 Å². The number of fused-ring (bicyclic) bond motifs is 1. The zero-order valence-electron chi connectivity index (χ0n) is 23.0. The summed E-state index contributed by atoms with van der Waals surface area (Å²) in [5.41, 5.74) is 12.1. The van der Waals surface area contributed by atoms with Crippen molar-refractivity contribution in [3.63, 3.8) is 0 Å². The van der Waals surface area contributed by atoms with Gasteiger partial charge >= 0.3 is 0 Å². The quantitative estimate of drug-likeness (QED) is 0.422. The number of anilines is 1. The van der Waals surface area contributed by atoms with E-state index in [1.807, 2.05) is 20.0 Å². The number of hydrogen-bond acceptors (Lipinski definition) is 5. The molecule has 9 heteroatoms. The maximum absolute atomic E-state index is 15.1. The normalized spacial score (nSPS) is 14.1. The van der Waals surface area contributed by atoms with Crippen molar-refractivity contribution in [3.05, 3.63) is 92.9 Å². The molecule has 4 heterocycles. The van der Waals surface area contributed by atoms with Crippen molar-refractivity contribution in [2.45, 2.75) is 26.8 Å². The maximum Gasteiger partial charge on any atom is 0.260 e. The van der Waals surface area contributed by atoms with Gasteiger partial charge in [-0.15, -0.1) is 0 Å². The molecule has 0 bridgehead atoms. The predicted molar refractivity (Wildman–Crippen MR) is 152 cm³/mol. The van der Waals surface area contributed by atoms with Crippen molar-refractivity contribution >= 4 is 28.2 Å². The first kappa shape index (κ1) is 26.4. The molecule has 4 aromatic rings. The Hall–Kier alpha value is -4.24. The number of nitrogen functional groups attached to an aromatic ring is 1. The summed E-state index contributed by atoms with van der Waals surface area (Å²) in [4.78, 5) is 33.5. The van der Waals surface area contributed by atoms with Gasteiger partial charge in [-0.2, -0.15) is 0 Å². The van der Waals surface area contributed by atoms with E-state index in [9.17, 15) is 9.59 Å². The van der Waals surface area contributed by atoms with E-state index in [-0.39, 0.29) is 17.3 Å². The Balaban J connectivity index is 1.40. The third-order valence-electron chi connectivity index (χ3n) is 7.58. The van der Waals surface area contributed by atoms with Crippen molar-refractivity contribution in [2.24, 2.45) is 7.05 Å². The van der Waals surface area contributed by atoms with E-state index in [4.69, 9.17) is 5.73 Å². The Bertz CT molecular complexity index is 1670. The monoisotopic (exact) mass is 528 g/mol. The topological polar surface area (TPSA) is 89.4 Å². The van der Waals surface area contributed by atoms with Crippen LogP contribution in [0.3, 0.4) is 0 Å². The number of hydrogen-bond donors (Lipinski definition) is 1. The van der Waals surface area contributed by atoms with Crippen LogP contribution in [0.2, 0.25) is 0 Å². The fourth-order valence-electron chi connectivity index (χ4n) is 5.30. The fourth-order valence-corrected chi connectivity index (χ4v) is 5.30. The summed E-state index contributed by atoms with van der Waals surface area (Å²) in [5, 5.41) is 0.888. The second kappa shape index (κ2) is 10.1. The zero-order chi connectivity index (χ0) is 28.0. The molecule has 0 atom stereocenters. The number of aryl methyl sites for hydroxylation is 2. The van der Waals surface area contributed by atoms with Gasteiger partial charge < -0.3 is 15.2 Å². The van der Waals surface area contributed by atoms with E-state index in [0.29, 0.717) is 41.9 Å². The van der Waals surface area contributed by atoms with E-state index in [2.05, 4.69) is 26.6 Å². The summed E-state index contributed by atoms with van der Waals surface area (Å²) in [6, 6.07) is 8.77. The minimum absolute atomic E-state index is 0.150. The lowest BCUT2D eigenvalue weighted by Crippen LogP contribution is -2.29. The maximum atomic E-state index is 15.1. The molecule has 0 saturated heterocycles. The van der Waals surface area contributed by atoms with Gasteiger partial charge in [0.25, 0.3) is 11.5 Å². The minimum Gasteiger partial charge on any atom is -0.398 e. The molecule has 0 unspecified atom stereocenters. The SMILES string of the molecule is Cc1cc(C(=O)N(C)C)cc(F)c1C1=CCN(Cc2cc3c(-n4ccc(N)c(C)c4=O)ccnc3n2C)CC1. The molecule has 0 fully saturated rings. The third-order valence-corrected chi connectivity index (χ3v) is 7.58. The molecular formula is C30H33FN6O2. The minimum atomic E-state index is -0.361. The van der Waals surface area contributed by atoms with Crippen LogP contribution in [0.25, 0.3) is 22.3 Å². The van der Waals surface area contributed by atoms with Gasteiger partial charge in [-0.25, -0.2) is 9.37 Å². The first-order chi connectivity index (χ1) is 18.6. The average Bonchev–Trinajstić information content (AvgIpc) is 3.22. The molecule has 1 amide bonds.